The van der Waals surface area contributed by atoms with E-state index in [0.29, 0.717) is 6.54 Å². The van der Waals surface area contributed by atoms with Crippen molar-refractivity contribution in [2.75, 3.05) is 0 Å². The summed E-state index contributed by atoms with van der Waals surface area (Å²) in [6.45, 7) is 0.542. The number of carbonyl (C=O) groups is 1. The van der Waals surface area contributed by atoms with E-state index in [0.717, 1.165) is 44.9 Å². The highest BCUT2D eigenvalue weighted by Crippen LogP contribution is 2.46. The van der Waals surface area contributed by atoms with Gasteiger partial charge in [0, 0.05) is 11.5 Å². The lowest BCUT2D eigenvalue weighted by Gasteiger charge is -2.31. The third kappa shape index (κ3) is 3.75. The first-order valence-electron chi connectivity index (χ1n) is 9.73. The smallest absolute Gasteiger partial charge is 0.276 e. The largest absolute Gasteiger partial charge is 0.503 e. The summed E-state index contributed by atoms with van der Waals surface area (Å²) in [6, 6.07) is 0.129. The number of nitrogens with one attached hydrogen (secondary N) is 1. The van der Waals surface area contributed by atoms with Crippen LogP contribution >= 0.6 is 0 Å². The molecule has 2 saturated carbocycles. The average Bonchev–Trinajstić information content (AvgIpc) is 3.41. The van der Waals surface area contributed by atoms with Gasteiger partial charge in [0.05, 0.1) is 12.7 Å². The highest BCUT2D eigenvalue weighted by atomic mass is 16.3. The third-order valence-electron chi connectivity index (χ3n) is 5.71. The summed E-state index contributed by atoms with van der Waals surface area (Å²) in [7, 11) is 0. The number of aromatic hydroxyl groups is 1. The van der Waals surface area contributed by atoms with Gasteiger partial charge in [0.1, 0.15) is 0 Å². The van der Waals surface area contributed by atoms with Crippen LogP contribution < -0.4 is 10.7 Å². The van der Waals surface area contributed by atoms with Crippen molar-refractivity contribution in [3.8, 4) is 5.75 Å². The normalized spacial score (nSPS) is 21.0. The van der Waals surface area contributed by atoms with Gasteiger partial charge in [-0.1, -0.05) is 43.2 Å². The van der Waals surface area contributed by atoms with E-state index in [1.54, 1.807) is 4.68 Å². The number of nitrogens with zero attached hydrogens (tertiary/aromatic N) is 2. The molecule has 0 bridgehead atoms. The Kier molecular flexibility index (Phi) is 4.72. The summed E-state index contributed by atoms with van der Waals surface area (Å²) in [5.74, 6) is -0.920. The lowest BCUT2D eigenvalue weighted by Crippen LogP contribution is -2.34. The van der Waals surface area contributed by atoms with Gasteiger partial charge >= 0.3 is 0 Å². The topological polar surface area (TPSA) is 84.2 Å². The average molecular weight is 367 g/mol. The first-order valence-corrected chi connectivity index (χ1v) is 9.73. The van der Waals surface area contributed by atoms with Crippen LogP contribution in [0, 0.1) is 5.41 Å². The minimum atomic E-state index is -0.706. The molecular formula is C21H25N3O3. The Bertz CT molecular complexity index is 884. The molecule has 2 fully saturated rings. The van der Waals surface area contributed by atoms with Crippen molar-refractivity contribution in [1.82, 2.24) is 15.1 Å². The van der Waals surface area contributed by atoms with Crippen molar-refractivity contribution >= 4 is 5.91 Å². The molecule has 4 rings (SSSR count). The minimum Gasteiger partial charge on any atom is -0.503 e. The summed E-state index contributed by atoms with van der Waals surface area (Å²) >= 11 is 0. The second-order valence-electron chi connectivity index (χ2n) is 7.81. The third-order valence-corrected chi connectivity index (χ3v) is 5.71. The predicted octanol–water partition coefficient (Wildman–Crippen LogP) is 2.84. The van der Waals surface area contributed by atoms with E-state index in [-0.39, 0.29) is 17.2 Å². The maximum Gasteiger partial charge on any atom is 0.276 e. The standard InChI is InChI=1S/C21H25N3O3/c25-17-13-24(23-18(19(17)26)20(27)22-16-9-10-16)14-21(11-5-6-12-21)15-7-3-1-2-4-8-15/h1-3,7-8,13,16,25H,4-6,9-12,14H2,(H,22,27). The number of aromatic nitrogens is 2. The Hall–Kier alpha value is -2.63. The maximum atomic E-state index is 12.4. The highest BCUT2D eigenvalue weighted by Gasteiger charge is 2.37. The molecule has 1 aromatic rings. The number of hydrogen-bond acceptors (Lipinski definition) is 4. The van der Waals surface area contributed by atoms with Crippen LogP contribution in [0.4, 0.5) is 0 Å². The molecule has 0 spiro atoms. The van der Waals surface area contributed by atoms with Gasteiger partial charge in [-0.2, -0.15) is 5.10 Å². The molecule has 142 valence electrons. The SMILES string of the molecule is O=C(NC1CC1)c1nn(CC2(C3=CCC=CC=C3)CCCC2)cc(O)c1=O. The molecule has 0 atom stereocenters. The fourth-order valence-corrected chi connectivity index (χ4v) is 4.11. The fourth-order valence-electron chi connectivity index (χ4n) is 4.11. The van der Waals surface area contributed by atoms with Crippen molar-refractivity contribution in [1.29, 1.82) is 0 Å². The van der Waals surface area contributed by atoms with E-state index in [1.165, 1.54) is 11.8 Å². The Morgan fingerprint density at radius 1 is 1.30 bits per heavy atom. The van der Waals surface area contributed by atoms with Crippen molar-refractivity contribution in [2.24, 2.45) is 5.41 Å². The molecule has 2 N–H and O–H groups in total. The minimum absolute atomic E-state index is 0.0821. The van der Waals surface area contributed by atoms with Gasteiger partial charge in [0.15, 0.2) is 11.4 Å². The molecular weight excluding hydrogens is 342 g/mol. The molecule has 0 saturated heterocycles. The van der Waals surface area contributed by atoms with Gasteiger partial charge in [-0.05, 0) is 37.7 Å². The summed E-state index contributed by atoms with van der Waals surface area (Å²) in [5, 5.41) is 17.2. The first kappa shape index (κ1) is 17.8. The molecule has 0 aliphatic heterocycles. The van der Waals surface area contributed by atoms with Crippen LogP contribution in [0.15, 0.2) is 46.9 Å². The molecule has 1 heterocycles. The monoisotopic (exact) mass is 367 g/mol. The van der Waals surface area contributed by atoms with E-state index in [9.17, 15) is 14.7 Å². The Balaban J connectivity index is 1.65. The summed E-state index contributed by atoms with van der Waals surface area (Å²) in [4.78, 5) is 24.6. The van der Waals surface area contributed by atoms with E-state index in [1.807, 2.05) is 0 Å². The fraction of sp³-hybridized carbons (Fsp3) is 0.476. The number of amides is 1. The summed E-state index contributed by atoms with van der Waals surface area (Å²) < 4.78 is 1.58. The van der Waals surface area contributed by atoms with Crippen LogP contribution in [0.1, 0.15) is 55.4 Å². The maximum absolute atomic E-state index is 12.4. The Morgan fingerprint density at radius 3 is 2.81 bits per heavy atom. The molecule has 6 nitrogen and oxygen atoms in total. The number of allylic oxidation sites excluding steroid dienone is 6. The van der Waals surface area contributed by atoms with Crippen LogP contribution in [-0.4, -0.2) is 26.8 Å². The van der Waals surface area contributed by atoms with Gasteiger partial charge < -0.3 is 10.4 Å². The second-order valence-corrected chi connectivity index (χ2v) is 7.81. The lowest BCUT2D eigenvalue weighted by molar-refractivity contribution is 0.0940. The van der Waals surface area contributed by atoms with Crippen molar-refractivity contribution in [2.45, 2.75) is 57.5 Å². The lowest BCUT2D eigenvalue weighted by atomic mass is 9.77. The zero-order valence-electron chi connectivity index (χ0n) is 15.4. The molecule has 6 heteroatoms. The van der Waals surface area contributed by atoms with Gasteiger partial charge in [-0.25, -0.2) is 0 Å². The van der Waals surface area contributed by atoms with E-state index in [4.69, 9.17) is 0 Å². The number of hydrogen-bond donors (Lipinski definition) is 2. The van der Waals surface area contributed by atoms with Crippen LogP contribution in [0.2, 0.25) is 0 Å². The zero-order chi connectivity index (χ0) is 18.9. The summed E-state index contributed by atoms with van der Waals surface area (Å²) in [5.41, 5.74) is 0.264. The van der Waals surface area contributed by atoms with Crippen molar-refractivity contribution in [3.05, 3.63) is 58.1 Å². The van der Waals surface area contributed by atoms with Gasteiger partial charge in [0.25, 0.3) is 11.3 Å². The van der Waals surface area contributed by atoms with E-state index < -0.39 is 17.1 Å². The zero-order valence-corrected chi connectivity index (χ0v) is 15.4. The molecule has 3 aliphatic rings. The van der Waals surface area contributed by atoms with Crippen LogP contribution in [0.5, 0.6) is 5.75 Å². The molecule has 3 aliphatic carbocycles. The molecule has 0 radical (unpaired) electrons. The molecule has 1 amide bonds. The van der Waals surface area contributed by atoms with Crippen LogP contribution in [0.25, 0.3) is 0 Å². The van der Waals surface area contributed by atoms with E-state index >= 15 is 0 Å². The van der Waals surface area contributed by atoms with E-state index in [2.05, 4.69) is 40.8 Å². The van der Waals surface area contributed by atoms with Gasteiger partial charge in [0.2, 0.25) is 0 Å². The Labute approximate surface area is 158 Å². The van der Waals surface area contributed by atoms with Gasteiger partial charge in [-0.3, -0.25) is 14.3 Å². The van der Waals surface area contributed by atoms with Crippen LogP contribution in [-0.2, 0) is 6.54 Å². The predicted molar refractivity (Wildman–Crippen MR) is 103 cm³/mol. The molecule has 0 aromatic carbocycles. The van der Waals surface area contributed by atoms with Gasteiger partial charge in [-0.15, -0.1) is 0 Å². The summed E-state index contributed by atoms with van der Waals surface area (Å²) in [6.07, 6.45) is 19.1. The molecule has 27 heavy (non-hydrogen) atoms. The van der Waals surface area contributed by atoms with Crippen molar-refractivity contribution < 1.29 is 9.90 Å². The molecule has 0 unspecified atom stereocenters. The highest BCUT2D eigenvalue weighted by molar-refractivity contribution is 5.92. The quantitative estimate of drug-likeness (QED) is 0.838. The Morgan fingerprint density at radius 2 is 2.07 bits per heavy atom. The number of carbonyl (C=O) groups excluding carboxylic acids is 1. The van der Waals surface area contributed by atoms with Crippen LogP contribution in [0.3, 0.4) is 0 Å². The number of rotatable bonds is 5. The second kappa shape index (κ2) is 7.18. The van der Waals surface area contributed by atoms with Crippen molar-refractivity contribution in [3.63, 3.8) is 0 Å². The first-order chi connectivity index (χ1) is 13.1. The molecule has 1 aromatic heterocycles.